The average molecular weight is 265 g/mol. The van der Waals surface area contributed by atoms with Crippen LogP contribution >= 0.6 is 11.6 Å². The summed E-state index contributed by atoms with van der Waals surface area (Å²) in [5.41, 5.74) is -0.495. The largest absolute Gasteiger partial charge is 0.374 e. The summed E-state index contributed by atoms with van der Waals surface area (Å²) >= 11 is 5.82. The van der Waals surface area contributed by atoms with Gasteiger partial charge in [-0.25, -0.2) is 0 Å². The second-order valence-corrected chi connectivity index (χ2v) is 6.73. The lowest BCUT2D eigenvalue weighted by molar-refractivity contribution is -0.139. The Bertz CT molecular complexity index is 222. The highest BCUT2D eigenvalue weighted by molar-refractivity contribution is 6.18. The second-order valence-electron chi connectivity index (χ2n) is 6.47. The molecule has 0 spiro atoms. The molecule has 0 unspecified atom stereocenters. The fourth-order valence-electron chi connectivity index (χ4n) is 1.48. The van der Waals surface area contributed by atoms with E-state index in [1.54, 1.807) is 0 Å². The van der Waals surface area contributed by atoms with E-state index >= 15 is 0 Å². The summed E-state index contributed by atoms with van der Waals surface area (Å²) in [4.78, 5) is 0. The molecule has 0 saturated heterocycles. The van der Waals surface area contributed by atoms with E-state index < -0.39 is 0 Å². The minimum absolute atomic E-state index is 0.0779. The van der Waals surface area contributed by atoms with Crippen LogP contribution in [0.2, 0.25) is 0 Å². The van der Waals surface area contributed by atoms with Gasteiger partial charge in [0, 0.05) is 0 Å². The molecule has 17 heavy (non-hydrogen) atoms. The Kier molecular flexibility index (Phi) is 6.48. The highest BCUT2D eigenvalue weighted by Gasteiger charge is 2.28. The first-order chi connectivity index (χ1) is 7.54. The second kappa shape index (κ2) is 6.40. The molecule has 0 amide bonds. The van der Waals surface area contributed by atoms with Crippen LogP contribution in [-0.4, -0.2) is 29.3 Å². The van der Waals surface area contributed by atoms with Crippen molar-refractivity contribution in [2.75, 3.05) is 12.5 Å². The lowest BCUT2D eigenvalue weighted by atomic mass is 10.0. The zero-order chi connectivity index (χ0) is 13.7. The quantitative estimate of drug-likeness (QED) is 0.605. The summed E-state index contributed by atoms with van der Waals surface area (Å²) in [6.45, 7) is 15.3. The van der Waals surface area contributed by atoms with Crippen LogP contribution in [0.5, 0.6) is 0 Å². The lowest BCUT2D eigenvalue weighted by Crippen LogP contribution is -2.38. The molecule has 0 aromatic rings. The maximum Gasteiger partial charge on any atom is 0.0761 e. The topological polar surface area (TPSA) is 18.5 Å². The van der Waals surface area contributed by atoms with Crippen molar-refractivity contribution in [3.8, 4) is 0 Å². The van der Waals surface area contributed by atoms with Crippen LogP contribution in [0.25, 0.3) is 0 Å². The highest BCUT2D eigenvalue weighted by Crippen LogP contribution is 2.26. The standard InChI is InChI=1S/C14H29ClO2/c1-8-12(2,3)17-13(4,5)9-10-16-14(6,7)11-15/h8-11H2,1-7H3. The van der Waals surface area contributed by atoms with Crippen molar-refractivity contribution >= 4 is 11.6 Å². The maximum atomic E-state index is 6.11. The molecule has 0 atom stereocenters. The molecular weight excluding hydrogens is 236 g/mol. The zero-order valence-electron chi connectivity index (χ0n) is 12.5. The molecule has 0 aliphatic carbocycles. The van der Waals surface area contributed by atoms with E-state index in [1.165, 1.54) is 0 Å². The molecule has 0 bridgehead atoms. The Hall–Kier alpha value is 0.210. The average Bonchev–Trinajstić information content (AvgIpc) is 2.15. The van der Waals surface area contributed by atoms with Crippen molar-refractivity contribution in [2.45, 2.75) is 78.1 Å². The predicted octanol–water partition coefficient (Wildman–Crippen LogP) is 4.39. The Labute approximate surface area is 112 Å². The van der Waals surface area contributed by atoms with Crippen molar-refractivity contribution < 1.29 is 9.47 Å². The van der Waals surface area contributed by atoms with E-state index in [2.05, 4.69) is 34.6 Å². The predicted molar refractivity (Wildman–Crippen MR) is 74.9 cm³/mol. The third-order valence-electron chi connectivity index (χ3n) is 2.92. The van der Waals surface area contributed by atoms with Gasteiger partial charge in [-0.15, -0.1) is 11.6 Å². The first-order valence-electron chi connectivity index (χ1n) is 6.44. The van der Waals surface area contributed by atoms with Gasteiger partial charge in [0.05, 0.1) is 29.3 Å². The normalized spacial score (nSPS) is 14.1. The Balaban J connectivity index is 4.11. The summed E-state index contributed by atoms with van der Waals surface area (Å²) in [5, 5.41) is 0. The van der Waals surface area contributed by atoms with E-state index in [1.807, 2.05) is 13.8 Å². The number of rotatable bonds is 8. The van der Waals surface area contributed by atoms with Crippen LogP contribution in [-0.2, 0) is 9.47 Å². The van der Waals surface area contributed by atoms with E-state index in [4.69, 9.17) is 21.1 Å². The monoisotopic (exact) mass is 264 g/mol. The van der Waals surface area contributed by atoms with E-state index in [9.17, 15) is 0 Å². The summed E-state index contributed by atoms with van der Waals surface area (Å²) in [7, 11) is 0. The van der Waals surface area contributed by atoms with Crippen molar-refractivity contribution in [3.63, 3.8) is 0 Å². The Morgan fingerprint density at radius 1 is 0.882 bits per heavy atom. The van der Waals surface area contributed by atoms with Crippen molar-refractivity contribution in [2.24, 2.45) is 0 Å². The van der Waals surface area contributed by atoms with E-state index in [0.29, 0.717) is 12.5 Å². The van der Waals surface area contributed by atoms with Gasteiger partial charge in [-0.1, -0.05) is 6.92 Å². The van der Waals surface area contributed by atoms with Crippen LogP contribution in [0.1, 0.15) is 61.3 Å². The zero-order valence-corrected chi connectivity index (χ0v) is 13.3. The molecule has 0 fully saturated rings. The first kappa shape index (κ1) is 17.2. The lowest BCUT2D eigenvalue weighted by Gasteiger charge is -2.36. The molecule has 0 N–H and O–H groups in total. The smallest absolute Gasteiger partial charge is 0.0761 e. The minimum atomic E-state index is -0.252. The van der Waals surface area contributed by atoms with Gasteiger partial charge in [0.15, 0.2) is 0 Å². The van der Waals surface area contributed by atoms with Crippen LogP contribution in [0.15, 0.2) is 0 Å². The van der Waals surface area contributed by atoms with Crippen LogP contribution in [0.4, 0.5) is 0 Å². The van der Waals surface area contributed by atoms with Gasteiger partial charge in [0.1, 0.15) is 0 Å². The minimum Gasteiger partial charge on any atom is -0.374 e. The summed E-state index contributed by atoms with van der Waals surface area (Å²) < 4.78 is 11.9. The van der Waals surface area contributed by atoms with E-state index in [0.717, 1.165) is 12.8 Å². The van der Waals surface area contributed by atoms with Crippen LogP contribution in [0, 0.1) is 0 Å². The van der Waals surface area contributed by atoms with Gasteiger partial charge >= 0.3 is 0 Å². The Morgan fingerprint density at radius 2 is 1.41 bits per heavy atom. The summed E-state index contributed by atoms with van der Waals surface area (Å²) in [6, 6.07) is 0. The fourth-order valence-corrected chi connectivity index (χ4v) is 1.56. The van der Waals surface area contributed by atoms with Crippen molar-refractivity contribution in [1.82, 2.24) is 0 Å². The van der Waals surface area contributed by atoms with Crippen LogP contribution < -0.4 is 0 Å². The molecule has 0 aromatic carbocycles. The molecule has 2 nitrogen and oxygen atoms in total. The molecule has 0 aromatic heterocycles. The van der Waals surface area contributed by atoms with Gasteiger partial charge in [-0.05, 0) is 54.4 Å². The van der Waals surface area contributed by atoms with Gasteiger partial charge in [0.25, 0.3) is 0 Å². The number of hydrogen-bond acceptors (Lipinski definition) is 2. The molecule has 0 radical (unpaired) electrons. The molecule has 0 aliphatic rings. The molecular formula is C14H29ClO2. The van der Waals surface area contributed by atoms with Crippen molar-refractivity contribution in [1.29, 1.82) is 0 Å². The molecule has 0 rings (SSSR count). The number of halogens is 1. The summed E-state index contributed by atoms with van der Waals surface area (Å²) in [6.07, 6.45) is 1.88. The first-order valence-corrected chi connectivity index (χ1v) is 6.97. The van der Waals surface area contributed by atoms with Gasteiger partial charge in [0.2, 0.25) is 0 Å². The molecule has 3 heteroatoms. The van der Waals surface area contributed by atoms with Gasteiger partial charge < -0.3 is 9.47 Å². The molecule has 104 valence electrons. The van der Waals surface area contributed by atoms with Crippen molar-refractivity contribution in [3.05, 3.63) is 0 Å². The van der Waals surface area contributed by atoms with Gasteiger partial charge in [-0.2, -0.15) is 0 Å². The van der Waals surface area contributed by atoms with Gasteiger partial charge in [-0.3, -0.25) is 0 Å². The Morgan fingerprint density at radius 3 is 1.82 bits per heavy atom. The third kappa shape index (κ3) is 8.01. The number of ether oxygens (including phenoxy) is 2. The molecule has 0 heterocycles. The third-order valence-corrected chi connectivity index (χ3v) is 3.57. The summed E-state index contributed by atoms with van der Waals surface area (Å²) in [5.74, 6) is 0.509. The number of alkyl halides is 1. The highest BCUT2D eigenvalue weighted by atomic mass is 35.5. The maximum absolute atomic E-state index is 6.11. The van der Waals surface area contributed by atoms with Crippen LogP contribution in [0.3, 0.4) is 0 Å². The fraction of sp³-hybridized carbons (Fsp3) is 1.00. The SMILES string of the molecule is CCC(C)(C)OC(C)(C)CCOC(C)(C)CCl. The molecule has 0 saturated carbocycles. The van der Waals surface area contributed by atoms with E-state index in [-0.39, 0.29) is 16.8 Å². The number of hydrogen-bond donors (Lipinski definition) is 0. The molecule has 0 aliphatic heterocycles.